The van der Waals surface area contributed by atoms with Crippen LogP contribution in [0.2, 0.25) is 5.02 Å². The molecule has 1 saturated heterocycles. The van der Waals surface area contributed by atoms with Gasteiger partial charge in [0.2, 0.25) is 5.91 Å². The van der Waals surface area contributed by atoms with Crippen molar-refractivity contribution in [2.24, 2.45) is 5.92 Å². The number of carboxylic acids is 1. The van der Waals surface area contributed by atoms with E-state index in [2.05, 4.69) is 0 Å². The number of nitrogens with zero attached hydrogens (tertiary/aromatic N) is 1. The first-order chi connectivity index (χ1) is 9.47. The van der Waals surface area contributed by atoms with Gasteiger partial charge in [-0.2, -0.15) is 0 Å². The lowest BCUT2D eigenvalue weighted by Crippen LogP contribution is -2.44. The Morgan fingerprint density at radius 2 is 2.10 bits per heavy atom. The van der Waals surface area contributed by atoms with Gasteiger partial charge >= 0.3 is 5.97 Å². The molecule has 0 aromatic heterocycles. The van der Waals surface area contributed by atoms with Crippen LogP contribution >= 0.6 is 35.6 Å². The number of rotatable bonds is 4. The van der Waals surface area contributed by atoms with Gasteiger partial charge in [0, 0.05) is 10.8 Å². The molecule has 1 aromatic rings. The molecule has 7 heteroatoms. The van der Waals surface area contributed by atoms with E-state index in [0.29, 0.717) is 21.6 Å². The minimum absolute atomic E-state index is 0.161. The molecule has 0 saturated carbocycles. The Labute approximate surface area is 131 Å². The van der Waals surface area contributed by atoms with Crippen molar-refractivity contribution < 1.29 is 14.7 Å². The van der Waals surface area contributed by atoms with Crippen LogP contribution in [0.4, 0.5) is 0 Å². The fourth-order valence-electron chi connectivity index (χ4n) is 1.90. The minimum atomic E-state index is -0.969. The van der Waals surface area contributed by atoms with Gasteiger partial charge in [-0.3, -0.25) is 14.5 Å². The molecule has 0 bridgehead atoms. The number of carbonyl (C=O) groups excluding carboxylic acids is 1. The van der Waals surface area contributed by atoms with Crippen molar-refractivity contribution in [3.05, 3.63) is 34.9 Å². The topological polar surface area (TPSA) is 57.6 Å². The maximum Gasteiger partial charge on any atom is 0.304 e. The second-order valence-electron chi connectivity index (χ2n) is 4.42. The van der Waals surface area contributed by atoms with Crippen LogP contribution in [-0.2, 0) is 16.1 Å². The lowest BCUT2D eigenvalue weighted by molar-refractivity contribution is -0.142. The van der Waals surface area contributed by atoms with E-state index in [1.54, 1.807) is 12.1 Å². The van der Waals surface area contributed by atoms with Gasteiger partial charge in [-0.15, -0.1) is 0 Å². The molecule has 1 heterocycles. The molecule has 20 heavy (non-hydrogen) atoms. The molecule has 106 valence electrons. The largest absolute Gasteiger partial charge is 0.481 e. The lowest BCUT2D eigenvalue weighted by Gasteiger charge is -2.31. The van der Waals surface area contributed by atoms with E-state index >= 15 is 0 Å². The summed E-state index contributed by atoms with van der Waals surface area (Å²) in [5, 5.41) is 9.45. The van der Waals surface area contributed by atoms with Crippen molar-refractivity contribution in [2.75, 3.05) is 5.75 Å². The molecule has 1 N–H and O–H groups in total. The van der Waals surface area contributed by atoms with Crippen LogP contribution in [0.1, 0.15) is 12.0 Å². The summed E-state index contributed by atoms with van der Waals surface area (Å²) in [6.07, 6.45) is -0.161. The molecular formula is C13H12ClNO3S2. The van der Waals surface area contributed by atoms with Crippen LogP contribution < -0.4 is 0 Å². The smallest absolute Gasteiger partial charge is 0.304 e. The Kier molecular flexibility index (Phi) is 5.01. The summed E-state index contributed by atoms with van der Waals surface area (Å²) < 4.78 is 0.492. The molecule has 1 atom stereocenters. The third kappa shape index (κ3) is 3.71. The highest BCUT2D eigenvalue weighted by Gasteiger charge is 2.34. The van der Waals surface area contributed by atoms with Crippen molar-refractivity contribution in [1.82, 2.24) is 4.90 Å². The van der Waals surface area contributed by atoms with Crippen molar-refractivity contribution in [3.63, 3.8) is 0 Å². The van der Waals surface area contributed by atoms with E-state index in [1.807, 2.05) is 12.1 Å². The zero-order valence-corrected chi connectivity index (χ0v) is 12.8. The summed E-state index contributed by atoms with van der Waals surface area (Å²) in [6, 6.07) is 7.14. The van der Waals surface area contributed by atoms with E-state index in [4.69, 9.17) is 28.9 Å². The quantitative estimate of drug-likeness (QED) is 0.861. The average molecular weight is 330 g/mol. The van der Waals surface area contributed by atoms with Gasteiger partial charge in [-0.1, -0.05) is 47.7 Å². The Balaban J connectivity index is 2.11. The molecule has 0 radical (unpaired) electrons. The maximum atomic E-state index is 12.3. The van der Waals surface area contributed by atoms with Gasteiger partial charge in [0.1, 0.15) is 4.32 Å². The minimum Gasteiger partial charge on any atom is -0.481 e. The number of carbonyl (C=O) groups is 2. The molecule has 0 aliphatic carbocycles. The number of benzene rings is 1. The number of hydrogen-bond acceptors (Lipinski definition) is 4. The van der Waals surface area contributed by atoms with Gasteiger partial charge in [-0.25, -0.2) is 0 Å². The highest BCUT2D eigenvalue weighted by Crippen LogP contribution is 2.27. The third-order valence-electron chi connectivity index (χ3n) is 2.92. The highest BCUT2D eigenvalue weighted by molar-refractivity contribution is 8.23. The average Bonchev–Trinajstić information content (AvgIpc) is 2.40. The maximum absolute atomic E-state index is 12.3. The molecular weight excluding hydrogens is 318 g/mol. The predicted octanol–water partition coefficient (Wildman–Crippen LogP) is 2.79. The van der Waals surface area contributed by atoms with Crippen molar-refractivity contribution in [1.29, 1.82) is 0 Å². The summed E-state index contributed by atoms with van der Waals surface area (Å²) in [5.74, 6) is -1.27. The second kappa shape index (κ2) is 6.56. The van der Waals surface area contributed by atoms with Gasteiger partial charge < -0.3 is 5.11 Å². The Morgan fingerprint density at radius 1 is 1.45 bits per heavy atom. The highest BCUT2D eigenvalue weighted by atomic mass is 35.5. The molecule has 1 aliphatic heterocycles. The van der Waals surface area contributed by atoms with Gasteiger partial charge in [0.15, 0.2) is 0 Å². The molecule has 1 fully saturated rings. The molecule has 4 nitrogen and oxygen atoms in total. The normalized spacial score (nSPS) is 19.2. The lowest BCUT2D eigenvalue weighted by atomic mass is 10.1. The molecule has 2 rings (SSSR count). The van der Waals surface area contributed by atoms with Crippen molar-refractivity contribution in [2.45, 2.75) is 13.0 Å². The van der Waals surface area contributed by atoms with Crippen LogP contribution in [0.25, 0.3) is 0 Å². The summed E-state index contributed by atoms with van der Waals surface area (Å²) in [4.78, 5) is 24.5. The number of aliphatic carboxylic acids is 1. The van der Waals surface area contributed by atoms with Crippen LogP contribution in [0.5, 0.6) is 0 Å². The number of halogens is 1. The van der Waals surface area contributed by atoms with Crippen molar-refractivity contribution >= 4 is 51.8 Å². The third-order valence-corrected chi connectivity index (χ3v) is 4.78. The zero-order valence-electron chi connectivity index (χ0n) is 10.4. The Hall–Kier alpha value is -1.11. The first-order valence-electron chi connectivity index (χ1n) is 5.91. The molecule has 1 amide bonds. The second-order valence-corrected chi connectivity index (χ2v) is 6.51. The molecule has 1 unspecified atom stereocenters. The summed E-state index contributed by atoms with van der Waals surface area (Å²) in [6.45, 7) is 0.345. The fourth-order valence-corrected chi connectivity index (χ4v) is 3.30. The van der Waals surface area contributed by atoms with Gasteiger partial charge in [0.25, 0.3) is 0 Å². The zero-order chi connectivity index (χ0) is 14.7. The first-order valence-corrected chi connectivity index (χ1v) is 7.69. The first kappa shape index (κ1) is 15.3. The van der Waals surface area contributed by atoms with E-state index < -0.39 is 11.9 Å². The van der Waals surface area contributed by atoms with E-state index in [-0.39, 0.29) is 12.3 Å². The van der Waals surface area contributed by atoms with Gasteiger partial charge in [0.05, 0.1) is 18.9 Å². The summed E-state index contributed by atoms with van der Waals surface area (Å²) in [7, 11) is 0. The summed E-state index contributed by atoms with van der Waals surface area (Å²) in [5.41, 5.74) is 0.904. The van der Waals surface area contributed by atoms with Crippen molar-refractivity contribution in [3.8, 4) is 0 Å². The van der Waals surface area contributed by atoms with Gasteiger partial charge in [-0.05, 0) is 17.7 Å². The van der Waals surface area contributed by atoms with Crippen LogP contribution in [0.15, 0.2) is 24.3 Å². The number of amides is 1. The molecule has 0 spiro atoms. The number of thioether (sulfide) groups is 1. The number of carboxylic acid groups (broad SMARTS) is 1. The molecule has 1 aliphatic rings. The summed E-state index contributed by atoms with van der Waals surface area (Å²) >= 11 is 12.4. The van der Waals surface area contributed by atoms with E-state index in [9.17, 15) is 9.59 Å². The SMILES string of the molecule is O=C(O)CC1CSC(=S)N(Cc2ccc(Cl)cc2)C1=O. The number of thiocarbonyl (C=S) groups is 1. The molecule has 1 aromatic carbocycles. The standard InChI is InChI=1S/C13H12ClNO3S2/c14-10-3-1-8(2-4-10)6-15-12(18)9(5-11(16)17)7-20-13(15)19/h1-4,9H,5-7H2,(H,16,17). The fraction of sp³-hybridized carbons (Fsp3) is 0.308. The Bertz CT molecular complexity index is 547. The van der Waals surface area contributed by atoms with E-state index in [1.165, 1.54) is 16.7 Å². The van der Waals surface area contributed by atoms with Crippen LogP contribution in [0, 0.1) is 5.92 Å². The Morgan fingerprint density at radius 3 is 2.70 bits per heavy atom. The van der Waals surface area contributed by atoms with E-state index in [0.717, 1.165) is 5.56 Å². The number of hydrogen-bond donors (Lipinski definition) is 1. The monoisotopic (exact) mass is 329 g/mol. The van der Waals surface area contributed by atoms with Crippen LogP contribution in [0.3, 0.4) is 0 Å². The predicted molar refractivity (Wildman–Crippen MR) is 82.8 cm³/mol. The van der Waals surface area contributed by atoms with Crippen LogP contribution in [-0.4, -0.2) is 32.0 Å².